The molecule has 0 saturated heterocycles. The van der Waals surface area contributed by atoms with Gasteiger partial charge in [-0.25, -0.2) is 8.78 Å². The van der Waals surface area contributed by atoms with Crippen LogP contribution in [0.3, 0.4) is 0 Å². The summed E-state index contributed by atoms with van der Waals surface area (Å²) in [6.45, 7) is 1.82. The van der Waals surface area contributed by atoms with Crippen molar-refractivity contribution >= 4 is 17.6 Å². The second-order valence-corrected chi connectivity index (χ2v) is 5.18. The van der Waals surface area contributed by atoms with E-state index in [1.54, 1.807) is 18.2 Å². The van der Waals surface area contributed by atoms with E-state index >= 15 is 0 Å². The van der Waals surface area contributed by atoms with Crippen molar-refractivity contribution in [2.24, 2.45) is 5.73 Å². The predicted molar refractivity (Wildman–Crippen MR) is 72.7 cm³/mol. The van der Waals surface area contributed by atoms with Crippen molar-refractivity contribution in [3.8, 4) is 0 Å². The lowest BCUT2D eigenvalue weighted by molar-refractivity contribution is 0.577. The Morgan fingerprint density at radius 3 is 2.53 bits per heavy atom. The van der Waals surface area contributed by atoms with Crippen molar-refractivity contribution in [3.63, 3.8) is 0 Å². The fraction of sp³-hybridized carbons (Fsp3) is 0.0714. The highest BCUT2D eigenvalue weighted by atomic mass is 32.2. The molecule has 0 saturated carbocycles. The Labute approximate surface area is 114 Å². The molecule has 0 aromatic heterocycles. The number of nitrogen functional groups attached to an aromatic ring is 1. The Hall–Kier alpha value is -1.88. The van der Waals surface area contributed by atoms with Crippen LogP contribution in [-0.4, -0.2) is 5.84 Å². The Balaban J connectivity index is 2.31. The lowest BCUT2D eigenvalue weighted by Gasteiger charge is -2.07. The van der Waals surface area contributed by atoms with Gasteiger partial charge in [0.25, 0.3) is 0 Å². The maximum Gasteiger partial charge on any atom is 0.137 e. The van der Waals surface area contributed by atoms with E-state index in [1.807, 2.05) is 6.92 Å². The summed E-state index contributed by atoms with van der Waals surface area (Å²) < 4.78 is 26.6. The van der Waals surface area contributed by atoms with Crippen LogP contribution in [0.4, 0.5) is 8.78 Å². The number of nitrogens with one attached hydrogen (secondary N) is 1. The number of amidine groups is 1. The lowest BCUT2D eigenvalue weighted by Crippen LogP contribution is -2.12. The van der Waals surface area contributed by atoms with Gasteiger partial charge in [-0.15, -0.1) is 0 Å². The summed E-state index contributed by atoms with van der Waals surface area (Å²) in [5, 5.41) is 7.39. The van der Waals surface area contributed by atoms with E-state index in [1.165, 1.54) is 0 Å². The molecular weight excluding hydrogens is 266 g/mol. The molecule has 98 valence electrons. The summed E-state index contributed by atoms with van der Waals surface area (Å²) in [7, 11) is 0. The highest BCUT2D eigenvalue weighted by Crippen LogP contribution is 2.31. The number of halogens is 2. The Morgan fingerprint density at radius 2 is 1.89 bits per heavy atom. The summed E-state index contributed by atoms with van der Waals surface area (Å²) >= 11 is 1.14. The van der Waals surface area contributed by atoms with Gasteiger partial charge in [-0.05, 0) is 48.9 Å². The van der Waals surface area contributed by atoms with Crippen LogP contribution in [0.15, 0.2) is 46.2 Å². The minimum absolute atomic E-state index is 0.00835. The van der Waals surface area contributed by atoms with Crippen molar-refractivity contribution < 1.29 is 8.78 Å². The summed E-state index contributed by atoms with van der Waals surface area (Å²) in [5.41, 5.74) is 6.90. The van der Waals surface area contributed by atoms with Gasteiger partial charge in [0.2, 0.25) is 0 Å². The van der Waals surface area contributed by atoms with Crippen LogP contribution in [0.5, 0.6) is 0 Å². The number of benzene rings is 2. The first-order chi connectivity index (χ1) is 8.97. The van der Waals surface area contributed by atoms with Crippen LogP contribution in [0, 0.1) is 24.0 Å². The molecule has 5 heteroatoms. The normalized spacial score (nSPS) is 10.5. The molecule has 0 unspecified atom stereocenters. The molecule has 0 fully saturated rings. The average molecular weight is 278 g/mol. The van der Waals surface area contributed by atoms with Crippen LogP contribution < -0.4 is 5.73 Å². The zero-order chi connectivity index (χ0) is 14.0. The standard InChI is InChI=1S/C14H12F2N2S/c1-8-6-10(3-4-11(8)14(17)18)19-13-7-9(15)2-5-12(13)16/h2-7H,1H3,(H3,17,18). The summed E-state index contributed by atoms with van der Waals surface area (Å²) in [5.74, 6) is -0.938. The molecule has 0 heterocycles. The average Bonchev–Trinajstić information content (AvgIpc) is 2.33. The van der Waals surface area contributed by atoms with E-state index in [0.29, 0.717) is 5.56 Å². The third-order valence-corrected chi connectivity index (χ3v) is 3.63. The number of rotatable bonds is 3. The molecule has 0 atom stereocenters. The Morgan fingerprint density at radius 1 is 1.16 bits per heavy atom. The lowest BCUT2D eigenvalue weighted by atomic mass is 10.1. The minimum Gasteiger partial charge on any atom is -0.384 e. The first-order valence-corrected chi connectivity index (χ1v) is 6.37. The van der Waals surface area contributed by atoms with Gasteiger partial charge < -0.3 is 5.73 Å². The minimum atomic E-state index is -0.471. The molecule has 3 N–H and O–H groups in total. The number of hydrogen-bond acceptors (Lipinski definition) is 2. The molecule has 0 radical (unpaired) electrons. The summed E-state index contributed by atoms with van der Waals surface area (Å²) in [6.07, 6.45) is 0. The Bertz CT molecular complexity index is 641. The molecular formula is C14H12F2N2S. The van der Waals surface area contributed by atoms with Gasteiger partial charge in [0, 0.05) is 10.5 Å². The Kier molecular flexibility index (Phi) is 3.85. The first kappa shape index (κ1) is 13.5. The molecule has 2 aromatic carbocycles. The third kappa shape index (κ3) is 3.12. The third-order valence-electron chi connectivity index (χ3n) is 2.61. The van der Waals surface area contributed by atoms with Crippen LogP contribution in [0.25, 0.3) is 0 Å². The molecule has 0 amide bonds. The van der Waals surface area contributed by atoms with Crippen molar-refractivity contribution in [2.75, 3.05) is 0 Å². The van der Waals surface area contributed by atoms with Gasteiger partial charge in [-0.3, -0.25) is 5.41 Å². The number of aryl methyl sites for hydroxylation is 1. The maximum atomic E-state index is 13.5. The van der Waals surface area contributed by atoms with Gasteiger partial charge in [0.15, 0.2) is 0 Å². The van der Waals surface area contributed by atoms with Crippen molar-refractivity contribution in [1.82, 2.24) is 0 Å². The predicted octanol–water partition coefficient (Wildman–Crippen LogP) is 3.71. The summed E-state index contributed by atoms with van der Waals surface area (Å²) in [6, 6.07) is 8.59. The van der Waals surface area contributed by atoms with Crippen molar-refractivity contribution in [2.45, 2.75) is 16.7 Å². The molecule has 2 rings (SSSR count). The zero-order valence-electron chi connectivity index (χ0n) is 10.2. The van der Waals surface area contributed by atoms with Crippen molar-refractivity contribution in [1.29, 1.82) is 5.41 Å². The van der Waals surface area contributed by atoms with E-state index in [4.69, 9.17) is 11.1 Å². The van der Waals surface area contributed by atoms with Gasteiger partial charge in [0.05, 0.1) is 4.90 Å². The molecule has 2 aromatic rings. The van der Waals surface area contributed by atoms with Crippen LogP contribution in [0.1, 0.15) is 11.1 Å². The summed E-state index contributed by atoms with van der Waals surface area (Å²) in [4.78, 5) is 1.00. The van der Waals surface area contributed by atoms with E-state index in [-0.39, 0.29) is 10.7 Å². The molecule has 0 aliphatic carbocycles. The number of hydrogen-bond donors (Lipinski definition) is 2. The molecule has 0 spiro atoms. The molecule has 0 aliphatic rings. The van der Waals surface area contributed by atoms with Crippen LogP contribution >= 0.6 is 11.8 Å². The largest absolute Gasteiger partial charge is 0.384 e. The van der Waals surface area contributed by atoms with E-state index in [2.05, 4.69) is 0 Å². The smallest absolute Gasteiger partial charge is 0.137 e. The highest BCUT2D eigenvalue weighted by Gasteiger charge is 2.08. The molecule has 19 heavy (non-hydrogen) atoms. The quantitative estimate of drug-likeness (QED) is 0.664. The van der Waals surface area contributed by atoms with E-state index < -0.39 is 11.6 Å². The fourth-order valence-corrected chi connectivity index (χ4v) is 2.65. The first-order valence-electron chi connectivity index (χ1n) is 5.55. The monoisotopic (exact) mass is 278 g/mol. The van der Waals surface area contributed by atoms with Crippen molar-refractivity contribution in [3.05, 3.63) is 59.2 Å². The van der Waals surface area contributed by atoms with Crippen LogP contribution in [-0.2, 0) is 0 Å². The molecule has 0 aliphatic heterocycles. The van der Waals surface area contributed by atoms with Gasteiger partial charge in [-0.1, -0.05) is 11.8 Å². The molecule has 2 nitrogen and oxygen atoms in total. The van der Waals surface area contributed by atoms with Gasteiger partial charge >= 0.3 is 0 Å². The topological polar surface area (TPSA) is 49.9 Å². The zero-order valence-corrected chi connectivity index (χ0v) is 11.0. The number of nitrogens with two attached hydrogens (primary N) is 1. The van der Waals surface area contributed by atoms with E-state index in [0.717, 1.165) is 40.4 Å². The van der Waals surface area contributed by atoms with E-state index in [9.17, 15) is 8.78 Å². The van der Waals surface area contributed by atoms with Crippen LogP contribution in [0.2, 0.25) is 0 Å². The van der Waals surface area contributed by atoms with Gasteiger partial charge in [-0.2, -0.15) is 0 Å². The highest BCUT2D eigenvalue weighted by molar-refractivity contribution is 7.99. The SMILES string of the molecule is Cc1cc(Sc2cc(F)ccc2F)ccc1C(=N)N. The van der Waals surface area contributed by atoms with Gasteiger partial charge in [0.1, 0.15) is 17.5 Å². The fourth-order valence-electron chi connectivity index (χ4n) is 1.68. The maximum absolute atomic E-state index is 13.5. The second-order valence-electron chi connectivity index (χ2n) is 4.07. The molecule has 0 bridgehead atoms. The second kappa shape index (κ2) is 5.40.